The van der Waals surface area contributed by atoms with Crippen LogP contribution in [-0.4, -0.2) is 115 Å². The van der Waals surface area contributed by atoms with Crippen LogP contribution in [0.2, 0.25) is 0 Å². The van der Waals surface area contributed by atoms with Crippen molar-refractivity contribution >= 4 is 60.1 Å². The Kier molecular flexibility index (Phi) is 13.4. The van der Waals surface area contributed by atoms with Crippen molar-refractivity contribution in [3.63, 3.8) is 0 Å². The molecule has 14 atom stereocenters. The minimum Gasteiger partial charge on any atom is -0.503 e. The maximum atomic E-state index is 14.1. The first-order chi connectivity index (χ1) is 23.3. The van der Waals surface area contributed by atoms with Crippen molar-refractivity contribution in [3.8, 4) is 0 Å². The van der Waals surface area contributed by atoms with E-state index in [9.17, 15) is 34.8 Å². The third-order valence-electron chi connectivity index (χ3n) is 11.8. The van der Waals surface area contributed by atoms with E-state index < -0.39 is 105 Å². The average molecular weight is 763 g/mol. The van der Waals surface area contributed by atoms with E-state index in [1.54, 1.807) is 27.7 Å². The van der Waals surface area contributed by atoms with E-state index >= 15 is 0 Å². The lowest BCUT2D eigenvalue weighted by molar-refractivity contribution is -0.248. The molecule has 50 heavy (non-hydrogen) atoms. The molecule has 4 rings (SSSR count). The van der Waals surface area contributed by atoms with Gasteiger partial charge in [0.05, 0.1) is 36.6 Å². The van der Waals surface area contributed by atoms with Crippen molar-refractivity contribution in [2.75, 3.05) is 12.9 Å². The predicted octanol–water partition coefficient (Wildman–Crippen LogP) is 3.46. The Labute approximate surface area is 310 Å². The number of aliphatic hydroxyl groups is 4. The minimum atomic E-state index is -2.24. The summed E-state index contributed by atoms with van der Waals surface area (Å²) in [6.07, 6.45) is -2.73. The third-order valence-corrected chi connectivity index (χ3v) is 13.1. The molecule has 0 aromatic carbocycles. The van der Waals surface area contributed by atoms with Crippen molar-refractivity contribution in [2.24, 2.45) is 23.7 Å². The van der Waals surface area contributed by atoms with Crippen LogP contribution >= 0.6 is 37.5 Å². The quantitative estimate of drug-likeness (QED) is 0.0499. The lowest BCUT2D eigenvalue weighted by Crippen LogP contribution is -2.61. The molecule has 0 saturated carbocycles. The van der Waals surface area contributed by atoms with E-state index in [0.29, 0.717) is 32.1 Å². The Hall–Kier alpha value is -1.14. The van der Waals surface area contributed by atoms with Crippen LogP contribution in [0.25, 0.3) is 0 Å². The number of Topliss-reactive ketones (excluding diaryl/α,β-unsaturated/α-hetero) is 2. The number of aliphatic hydroxyl groups excluding tert-OH is 2. The number of thiol groups is 2. The van der Waals surface area contributed by atoms with Gasteiger partial charge in [-0.05, 0) is 76.4 Å². The Morgan fingerprint density at radius 1 is 1.14 bits per heavy atom. The van der Waals surface area contributed by atoms with Crippen LogP contribution in [0.15, 0.2) is 11.3 Å². The predicted molar refractivity (Wildman–Crippen MR) is 193 cm³/mol. The summed E-state index contributed by atoms with van der Waals surface area (Å²) in [6.45, 7) is 11.0. The zero-order valence-corrected chi connectivity index (χ0v) is 32.5. The van der Waals surface area contributed by atoms with E-state index in [0.717, 1.165) is 0 Å². The summed E-state index contributed by atoms with van der Waals surface area (Å²) in [6, 6.07) is 0. The fourth-order valence-corrected chi connectivity index (χ4v) is 9.32. The van der Waals surface area contributed by atoms with E-state index in [1.807, 2.05) is 13.8 Å². The number of carbonyl (C=O) groups is 3. The average Bonchev–Trinajstić information content (AvgIpc) is 3.63. The monoisotopic (exact) mass is 762 g/mol. The first-order valence-corrected chi connectivity index (χ1v) is 19.0. The minimum absolute atomic E-state index is 0.0586. The van der Waals surface area contributed by atoms with Gasteiger partial charge in [0.15, 0.2) is 22.3 Å². The van der Waals surface area contributed by atoms with Crippen molar-refractivity contribution in [1.29, 1.82) is 0 Å². The lowest BCUT2D eigenvalue weighted by Gasteiger charge is -2.49. The summed E-state index contributed by atoms with van der Waals surface area (Å²) in [5.41, 5.74) is -2.62. The zero-order chi connectivity index (χ0) is 37.5. The summed E-state index contributed by atoms with van der Waals surface area (Å²) in [5.74, 6) is -4.51. The molecule has 14 unspecified atom stereocenters. The number of esters is 1. The summed E-state index contributed by atoms with van der Waals surface area (Å²) in [5, 5.41) is 44.3. The highest BCUT2D eigenvalue weighted by Crippen LogP contribution is 2.47. The van der Waals surface area contributed by atoms with Crippen molar-refractivity contribution in [2.45, 2.75) is 145 Å². The zero-order valence-electron chi connectivity index (χ0n) is 29.9. The first-order valence-electron chi connectivity index (χ1n) is 17.5. The van der Waals surface area contributed by atoms with Crippen molar-refractivity contribution < 1.29 is 58.5 Å². The van der Waals surface area contributed by atoms with Crippen LogP contribution in [0.4, 0.5) is 0 Å². The van der Waals surface area contributed by atoms with Crippen LogP contribution in [0.3, 0.4) is 0 Å². The molecule has 0 aliphatic carbocycles. The number of thiocarbonyl (C=S) groups is 1. The highest BCUT2D eigenvalue weighted by Gasteiger charge is 2.58. The summed E-state index contributed by atoms with van der Waals surface area (Å²) >= 11 is 13.9. The normalized spacial score (nSPS) is 38.7. The number of rotatable bonds is 14. The van der Waals surface area contributed by atoms with Gasteiger partial charge in [0.1, 0.15) is 22.9 Å². The van der Waals surface area contributed by atoms with Gasteiger partial charge in [-0.1, -0.05) is 27.7 Å². The van der Waals surface area contributed by atoms with Crippen LogP contribution in [0.5, 0.6) is 0 Å². The molecular formula is C35H54O12S3. The molecule has 284 valence electrons. The molecule has 4 N–H and O–H groups in total. The van der Waals surface area contributed by atoms with Crippen molar-refractivity contribution in [1.82, 2.24) is 0 Å². The molecule has 4 heterocycles. The Morgan fingerprint density at radius 3 is 2.34 bits per heavy atom. The van der Waals surface area contributed by atoms with Gasteiger partial charge < -0.3 is 44.1 Å². The number of hydrogen-bond acceptors (Lipinski definition) is 15. The molecule has 3 fully saturated rings. The topological polar surface area (TPSA) is 178 Å². The van der Waals surface area contributed by atoms with Gasteiger partial charge in [0.2, 0.25) is 5.05 Å². The standard InChI is InChI=1S/C35H54O12S3/c1-8-21(27(37)18(4)29-17(3)13-16(2)23(45-29)14-22(36)26-28(38)32(49)46-31(26)40)30(39)35(42,50)25-9-11-33(15-48,47-25)24-10-12-34(41,19(5)43-7)20(6)44-24/h16-21,23-25,27,29,37-38,41-42,48,50H,8-15H2,1-7H3. The Bertz CT molecular complexity index is 1340. The summed E-state index contributed by atoms with van der Waals surface area (Å²) < 4.78 is 29.3. The maximum Gasteiger partial charge on any atom is 0.352 e. The summed E-state index contributed by atoms with van der Waals surface area (Å²) in [7, 11) is 1.54. The molecule has 0 amide bonds. The number of ketones is 2. The summed E-state index contributed by atoms with van der Waals surface area (Å²) in [4.78, 5) is 37.0. The largest absolute Gasteiger partial charge is 0.503 e. The third kappa shape index (κ3) is 7.74. The SMILES string of the molecule is CCC(C(=O)C(O)(S)C1CCC(CS)(C2CCC(O)(C(C)OC)C(C)O2)O1)C(O)C(C)C1OC(CC(=O)C2=C(O)C(=S)OC2=O)C(C)CC1C. The molecular weight excluding hydrogens is 709 g/mol. The second-order valence-electron chi connectivity index (χ2n) is 14.9. The number of cyclic esters (lactones) is 1. The van der Waals surface area contributed by atoms with Crippen LogP contribution in [0.1, 0.15) is 86.5 Å². The van der Waals surface area contributed by atoms with E-state index in [1.165, 1.54) is 7.11 Å². The van der Waals surface area contributed by atoms with E-state index in [2.05, 4.69) is 25.3 Å². The molecule has 15 heteroatoms. The number of carbonyl (C=O) groups excluding carboxylic acids is 3. The number of methoxy groups -OCH3 is 1. The van der Waals surface area contributed by atoms with E-state index in [-0.39, 0.29) is 30.4 Å². The maximum absolute atomic E-state index is 14.1. The molecule has 3 saturated heterocycles. The van der Waals surface area contributed by atoms with E-state index in [4.69, 9.17) is 35.9 Å². The molecule has 4 aliphatic heterocycles. The van der Waals surface area contributed by atoms with Crippen LogP contribution < -0.4 is 0 Å². The van der Waals surface area contributed by atoms with Gasteiger partial charge in [-0.3, -0.25) is 9.59 Å². The molecule has 0 aromatic rings. The van der Waals surface area contributed by atoms with Gasteiger partial charge >= 0.3 is 5.97 Å². The van der Waals surface area contributed by atoms with Gasteiger partial charge in [0, 0.05) is 31.1 Å². The Balaban J connectivity index is 1.45. The van der Waals surface area contributed by atoms with Gasteiger partial charge in [-0.15, -0.1) is 12.6 Å². The molecule has 0 bridgehead atoms. The molecule has 0 radical (unpaired) electrons. The lowest BCUT2D eigenvalue weighted by atomic mass is 9.75. The Morgan fingerprint density at radius 2 is 1.80 bits per heavy atom. The molecule has 4 aliphatic rings. The fourth-order valence-electron chi connectivity index (χ4n) is 8.36. The fraction of sp³-hybridized carbons (Fsp3) is 0.829. The van der Waals surface area contributed by atoms with Gasteiger partial charge in [0.25, 0.3) is 0 Å². The number of hydrogen-bond donors (Lipinski definition) is 6. The second kappa shape index (κ2) is 16.1. The smallest absolute Gasteiger partial charge is 0.352 e. The van der Waals surface area contributed by atoms with Crippen LogP contribution in [0, 0.1) is 23.7 Å². The van der Waals surface area contributed by atoms with Gasteiger partial charge in [-0.25, -0.2) is 4.79 Å². The second-order valence-corrected chi connectivity index (χ2v) is 16.2. The molecule has 0 aromatic heterocycles. The van der Waals surface area contributed by atoms with Crippen LogP contribution in [-0.2, 0) is 38.1 Å². The van der Waals surface area contributed by atoms with Gasteiger partial charge in [-0.2, -0.15) is 12.6 Å². The molecule has 0 spiro atoms. The first kappa shape index (κ1) is 41.6. The highest BCUT2D eigenvalue weighted by atomic mass is 32.1. The van der Waals surface area contributed by atoms with Crippen molar-refractivity contribution in [3.05, 3.63) is 11.3 Å². The highest BCUT2D eigenvalue weighted by molar-refractivity contribution is 7.82. The molecule has 12 nitrogen and oxygen atoms in total. The number of ether oxygens (including phenoxy) is 5.